The number of rotatable bonds is 5. The zero-order chi connectivity index (χ0) is 18.7. The third-order valence-corrected chi connectivity index (χ3v) is 5.11. The highest BCUT2D eigenvalue weighted by Crippen LogP contribution is 2.20. The molecule has 0 aliphatic heterocycles. The predicted octanol–water partition coefficient (Wildman–Crippen LogP) is 3.13. The van der Waals surface area contributed by atoms with E-state index in [4.69, 9.17) is 11.6 Å². The van der Waals surface area contributed by atoms with E-state index in [1.807, 2.05) is 0 Å². The van der Waals surface area contributed by atoms with Crippen LogP contribution in [0.4, 0.5) is 11.4 Å². The predicted molar refractivity (Wildman–Crippen MR) is 99.9 cm³/mol. The van der Waals surface area contributed by atoms with Gasteiger partial charge < -0.3 is 5.32 Å². The highest BCUT2D eigenvalue weighted by atomic mass is 35.5. The van der Waals surface area contributed by atoms with Crippen LogP contribution in [0.5, 0.6) is 0 Å². The van der Waals surface area contributed by atoms with Crippen molar-refractivity contribution in [3.63, 3.8) is 0 Å². The molecule has 3 rings (SSSR count). The Balaban J connectivity index is 1.71. The summed E-state index contributed by atoms with van der Waals surface area (Å²) in [6, 6.07) is 13.8. The lowest BCUT2D eigenvalue weighted by atomic mass is 10.3. The summed E-state index contributed by atoms with van der Waals surface area (Å²) in [6.07, 6.45) is 1.66. The lowest BCUT2D eigenvalue weighted by Gasteiger charge is -2.09. The third kappa shape index (κ3) is 4.22. The van der Waals surface area contributed by atoms with Crippen LogP contribution in [-0.4, -0.2) is 24.1 Å². The van der Waals surface area contributed by atoms with Crippen LogP contribution >= 0.6 is 11.6 Å². The fraction of sp³-hybridized carbons (Fsp3) is 0.0588. The molecule has 0 unspecified atom stereocenters. The molecule has 9 heteroatoms. The maximum Gasteiger partial charge on any atom is 0.276 e. The van der Waals surface area contributed by atoms with Crippen molar-refractivity contribution < 1.29 is 13.2 Å². The van der Waals surface area contributed by atoms with Gasteiger partial charge in [-0.2, -0.15) is 5.10 Å². The monoisotopic (exact) mass is 390 g/mol. The van der Waals surface area contributed by atoms with Gasteiger partial charge in [0.05, 0.1) is 4.90 Å². The SMILES string of the molecule is Cn1ccc(C(=O)Nc2ccc(S(=O)(=O)Nc3ccc(Cl)cc3)cc2)n1. The summed E-state index contributed by atoms with van der Waals surface area (Å²) in [5.41, 5.74) is 1.14. The van der Waals surface area contributed by atoms with E-state index < -0.39 is 10.0 Å². The normalized spacial score (nSPS) is 11.2. The molecular weight excluding hydrogens is 376 g/mol. The minimum atomic E-state index is -3.74. The first kappa shape index (κ1) is 18.0. The number of carbonyl (C=O) groups is 1. The molecule has 7 nitrogen and oxygen atoms in total. The van der Waals surface area contributed by atoms with Crippen molar-refractivity contribution in [1.29, 1.82) is 0 Å². The molecule has 0 spiro atoms. The van der Waals surface area contributed by atoms with Gasteiger partial charge in [-0.15, -0.1) is 0 Å². The summed E-state index contributed by atoms with van der Waals surface area (Å²) in [5.74, 6) is -0.375. The van der Waals surface area contributed by atoms with Crippen molar-refractivity contribution >= 4 is 38.9 Å². The number of sulfonamides is 1. The van der Waals surface area contributed by atoms with Gasteiger partial charge in [0.15, 0.2) is 5.69 Å². The number of hydrogen-bond donors (Lipinski definition) is 2. The number of halogens is 1. The lowest BCUT2D eigenvalue weighted by Crippen LogP contribution is -2.14. The van der Waals surface area contributed by atoms with Crippen LogP contribution in [0.1, 0.15) is 10.5 Å². The first-order chi connectivity index (χ1) is 12.3. The largest absolute Gasteiger partial charge is 0.321 e. The van der Waals surface area contributed by atoms with Crippen LogP contribution in [-0.2, 0) is 17.1 Å². The number of carbonyl (C=O) groups excluding carboxylic acids is 1. The minimum absolute atomic E-state index is 0.0725. The number of aryl methyl sites for hydroxylation is 1. The molecule has 0 bridgehead atoms. The number of nitrogens with one attached hydrogen (secondary N) is 2. The molecule has 1 heterocycles. The number of nitrogens with zero attached hydrogens (tertiary/aromatic N) is 2. The van der Waals surface area contributed by atoms with Crippen LogP contribution in [0, 0.1) is 0 Å². The van der Waals surface area contributed by atoms with Crippen LogP contribution < -0.4 is 10.0 Å². The van der Waals surface area contributed by atoms with Crippen LogP contribution in [0.15, 0.2) is 65.7 Å². The van der Waals surface area contributed by atoms with Crippen LogP contribution in [0.2, 0.25) is 5.02 Å². The molecule has 0 aliphatic rings. The van der Waals surface area contributed by atoms with Gasteiger partial charge >= 0.3 is 0 Å². The molecule has 0 saturated carbocycles. The first-order valence-electron chi connectivity index (χ1n) is 7.53. The molecular formula is C17H15ClN4O3S. The van der Waals surface area contributed by atoms with Gasteiger partial charge in [0, 0.05) is 29.6 Å². The van der Waals surface area contributed by atoms with Crippen molar-refractivity contribution in [2.75, 3.05) is 10.0 Å². The quantitative estimate of drug-likeness (QED) is 0.699. The Hall–Kier alpha value is -2.84. The summed E-state index contributed by atoms with van der Waals surface area (Å²) >= 11 is 5.79. The standard InChI is InChI=1S/C17H15ClN4O3S/c1-22-11-10-16(20-22)17(23)19-13-6-8-15(9-7-13)26(24,25)21-14-4-2-12(18)3-5-14/h2-11,21H,1H3,(H,19,23). The van der Waals surface area contributed by atoms with Gasteiger partial charge in [-0.1, -0.05) is 11.6 Å². The number of anilines is 2. The second kappa shape index (κ2) is 7.19. The van der Waals surface area contributed by atoms with Gasteiger partial charge in [0.25, 0.3) is 15.9 Å². The summed E-state index contributed by atoms with van der Waals surface area (Å²) in [5, 5.41) is 7.18. The Morgan fingerprint density at radius 1 is 1.00 bits per heavy atom. The van der Waals surface area contributed by atoms with Gasteiger partial charge in [-0.05, 0) is 54.6 Å². The van der Waals surface area contributed by atoms with E-state index in [2.05, 4.69) is 15.1 Å². The fourth-order valence-electron chi connectivity index (χ4n) is 2.18. The average Bonchev–Trinajstić information content (AvgIpc) is 3.04. The highest BCUT2D eigenvalue weighted by molar-refractivity contribution is 7.92. The molecule has 0 saturated heterocycles. The second-order valence-corrected chi connectivity index (χ2v) is 7.58. The van der Waals surface area contributed by atoms with E-state index in [0.29, 0.717) is 16.4 Å². The molecule has 0 fully saturated rings. The van der Waals surface area contributed by atoms with E-state index in [9.17, 15) is 13.2 Å². The smallest absolute Gasteiger partial charge is 0.276 e. The van der Waals surface area contributed by atoms with E-state index in [1.165, 1.54) is 28.9 Å². The topological polar surface area (TPSA) is 93.1 Å². The zero-order valence-electron chi connectivity index (χ0n) is 13.7. The maximum absolute atomic E-state index is 12.4. The molecule has 0 atom stereocenters. The summed E-state index contributed by atoms with van der Waals surface area (Å²) in [4.78, 5) is 12.1. The van der Waals surface area contributed by atoms with E-state index in [0.717, 1.165) is 0 Å². The number of hydrogen-bond acceptors (Lipinski definition) is 4. The second-order valence-electron chi connectivity index (χ2n) is 5.47. The number of amides is 1. The molecule has 26 heavy (non-hydrogen) atoms. The summed E-state index contributed by atoms with van der Waals surface area (Å²) < 4.78 is 28.8. The average molecular weight is 391 g/mol. The maximum atomic E-state index is 12.4. The van der Waals surface area contributed by atoms with E-state index >= 15 is 0 Å². The third-order valence-electron chi connectivity index (χ3n) is 3.47. The minimum Gasteiger partial charge on any atom is -0.321 e. The Labute approximate surface area is 155 Å². The summed E-state index contributed by atoms with van der Waals surface area (Å²) in [7, 11) is -2.03. The zero-order valence-corrected chi connectivity index (χ0v) is 15.3. The van der Waals surface area contributed by atoms with Crippen molar-refractivity contribution in [3.8, 4) is 0 Å². The molecule has 0 radical (unpaired) electrons. The van der Waals surface area contributed by atoms with Gasteiger partial charge in [-0.25, -0.2) is 8.42 Å². The Bertz CT molecular complexity index is 1030. The van der Waals surface area contributed by atoms with E-state index in [1.54, 1.807) is 43.6 Å². The van der Waals surface area contributed by atoms with E-state index in [-0.39, 0.29) is 16.5 Å². The van der Waals surface area contributed by atoms with Crippen molar-refractivity contribution in [3.05, 3.63) is 71.5 Å². The number of aromatic nitrogens is 2. The van der Waals surface area contributed by atoms with Gasteiger partial charge in [0.2, 0.25) is 0 Å². The molecule has 2 N–H and O–H groups in total. The molecule has 134 valence electrons. The highest BCUT2D eigenvalue weighted by Gasteiger charge is 2.15. The van der Waals surface area contributed by atoms with Gasteiger partial charge in [0.1, 0.15) is 0 Å². The molecule has 0 aliphatic carbocycles. The van der Waals surface area contributed by atoms with Crippen molar-refractivity contribution in [2.24, 2.45) is 7.05 Å². The fourth-order valence-corrected chi connectivity index (χ4v) is 3.37. The van der Waals surface area contributed by atoms with Crippen molar-refractivity contribution in [1.82, 2.24) is 9.78 Å². The van der Waals surface area contributed by atoms with Crippen molar-refractivity contribution in [2.45, 2.75) is 4.90 Å². The molecule has 2 aromatic carbocycles. The van der Waals surface area contributed by atoms with Crippen LogP contribution in [0.3, 0.4) is 0 Å². The van der Waals surface area contributed by atoms with Crippen LogP contribution in [0.25, 0.3) is 0 Å². The Morgan fingerprint density at radius 3 is 2.19 bits per heavy atom. The Kier molecular flexibility index (Phi) is 4.97. The molecule has 1 amide bonds. The number of benzene rings is 2. The molecule has 3 aromatic rings. The van der Waals surface area contributed by atoms with Gasteiger partial charge in [-0.3, -0.25) is 14.2 Å². The lowest BCUT2D eigenvalue weighted by molar-refractivity contribution is 0.102. The Morgan fingerprint density at radius 2 is 1.62 bits per heavy atom. The summed E-state index contributed by atoms with van der Waals surface area (Å²) in [6.45, 7) is 0. The first-order valence-corrected chi connectivity index (χ1v) is 9.39. The molecule has 1 aromatic heterocycles.